The number of aryl methyl sites for hydroxylation is 1. The number of thiophene rings is 1. The third-order valence-corrected chi connectivity index (χ3v) is 6.23. The van der Waals surface area contributed by atoms with Gasteiger partial charge in [-0.1, -0.05) is 0 Å². The first-order chi connectivity index (χ1) is 13.5. The molecule has 4 rings (SSSR count). The molecule has 1 amide bonds. The van der Waals surface area contributed by atoms with E-state index >= 15 is 0 Å². The maximum absolute atomic E-state index is 12.5. The van der Waals surface area contributed by atoms with Gasteiger partial charge in [-0.2, -0.15) is 0 Å². The number of hydrogen-bond donors (Lipinski definition) is 2. The monoisotopic (exact) mass is 414 g/mol. The molecule has 0 bridgehead atoms. The van der Waals surface area contributed by atoms with E-state index in [-0.39, 0.29) is 17.2 Å². The summed E-state index contributed by atoms with van der Waals surface area (Å²) in [6, 6.07) is 8.80. The molecular weight excluding hydrogens is 396 g/mol. The number of amides is 1. The number of benzene rings is 1. The Labute approximate surface area is 169 Å². The Morgan fingerprint density at radius 1 is 1.32 bits per heavy atom. The van der Waals surface area contributed by atoms with Crippen molar-refractivity contribution < 1.29 is 9.72 Å². The van der Waals surface area contributed by atoms with Gasteiger partial charge in [0.05, 0.1) is 27.0 Å². The van der Waals surface area contributed by atoms with Crippen molar-refractivity contribution in [3.8, 4) is 10.6 Å². The molecule has 0 atom stereocenters. The molecule has 1 fully saturated rings. The van der Waals surface area contributed by atoms with Crippen molar-refractivity contribution in [2.24, 2.45) is 0 Å². The molecule has 0 aliphatic heterocycles. The fraction of sp³-hybridized carbons (Fsp3) is 0.263. The Morgan fingerprint density at radius 2 is 2.14 bits per heavy atom. The van der Waals surface area contributed by atoms with E-state index < -0.39 is 4.92 Å². The molecule has 7 nitrogen and oxygen atoms in total. The molecule has 28 heavy (non-hydrogen) atoms. The van der Waals surface area contributed by atoms with Gasteiger partial charge in [-0.3, -0.25) is 14.9 Å². The maximum atomic E-state index is 12.5. The van der Waals surface area contributed by atoms with Crippen LogP contribution in [0.2, 0.25) is 0 Å². The van der Waals surface area contributed by atoms with Crippen molar-refractivity contribution >= 4 is 40.0 Å². The molecule has 0 unspecified atom stereocenters. The largest absolute Gasteiger partial charge is 0.377 e. The van der Waals surface area contributed by atoms with Crippen molar-refractivity contribution in [3.63, 3.8) is 0 Å². The minimum absolute atomic E-state index is 0.0724. The molecule has 2 heterocycles. The minimum Gasteiger partial charge on any atom is -0.377 e. The Morgan fingerprint density at radius 3 is 2.82 bits per heavy atom. The highest BCUT2D eigenvalue weighted by Crippen LogP contribution is 2.32. The van der Waals surface area contributed by atoms with Gasteiger partial charge >= 0.3 is 0 Å². The highest BCUT2D eigenvalue weighted by Gasteiger charge is 2.25. The Bertz CT molecular complexity index is 1040. The maximum Gasteiger partial charge on any atom is 0.293 e. The first-order valence-corrected chi connectivity index (χ1v) is 10.5. The SMILES string of the molecule is Cc1nc(-c2ccc(CNC(=O)c3ccc(NC4CC4)c([N+](=O)[O-])c3)s2)cs1. The van der Waals surface area contributed by atoms with E-state index in [1.54, 1.807) is 34.8 Å². The van der Waals surface area contributed by atoms with E-state index in [9.17, 15) is 14.9 Å². The lowest BCUT2D eigenvalue weighted by molar-refractivity contribution is -0.384. The molecule has 0 spiro atoms. The minimum atomic E-state index is -0.455. The molecule has 1 aliphatic carbocycles. The highest BCUT2D eigenvalue weighted by atomic mass is 32.1. The third-order valence-electron chi connectivity index (χ3n) is 4.35. The van der Waals surface area contributed by atoms with E-state index in [1.165, 1.54) is 6.07 Å². The second-order valence-corrected chi connectivity index (χ2v) is 8.84. The van der Waals surface area contributed by atoms with Crippen LogP contribution >= 0.6 is 22.7 Å². The Kier molecular flexibility index (Phi) is 5.10. The number of anilines is 1. The third kappa shape index (κ3) is 4.20. The van der Waals surface area contributed by atoms with Crippen molar-refractivity contribution in [2.75, 3.05) is 5.32 Å². The van der Waals surface area contributed by atoms with Gasteiger partial charge in [0, 0.05) is 27.9 Å². The lowest BCUT2D eigenvalue weighted by Crippen LogP contribution is -2.22. The smallest absolute Gasteiger partial charge is 0.293 e. The van der Waals surface area contributed by atoms with Crippen LogP contribution in [0.1, 0.15) is 33.1 Å². The van der Waals surface area contributed by atoms with E-state index in [0.29, 0.717) is 18.3 Å². The van der Waals surface area contributed by atoms with Gasteiger partial charge in [0.15, 0.2) is 0 Å². The number of carbonyl (C=O) groups excluding carboxylic acids is 1. The van der Waals surface area contributed by atoms with Gasteiger partial charge in [-0.25, -0.2) is 4.98 Å². The molecule has 0 saturated heterocycles. The summed E-state index contributed by atoms with van der Waals surface area (Å²) in [5, 5.41) is 20.3. The topological polar surface area (TPSA) is 97.2 Å². The zero-order valence-corrected chi connectivity index (χ0v) is 16.7. The number of carbonyl (C=O) groups is 1. The second kappa shape index (κ2) is 7.69. The number of nitrogens with zero attached hydrogens (tertiary/aromatic N) is 2. The first-order valence-electron chi connectivity index (χ1n) is 8.84. The van der Waals surface area contributed by atoms with E-state index in [1.807, 2.05) is 24.4 Å². The van der Waals surface area contributed by atoms with Crippen molar-refractivity contribution in [3.05, 3.63) is 61.3 Å². The summed E-state index contributed by atoms with van der Waals surface area (Å²) in [6.07, 6.45) is 2.03. The summed E-state index contributed by atoms with van der Waals surface area (Å²) in [6.45, 7) is 2.33. The van der Waals surface area contributed by atoms with Crippen LogP contribution in [-0.2, 0) is 6.54 Å². The molecular formula is C19H18N4O3S2. The number of rotatable bonds is 7. The van der Waals surface area contributed by atoms with Crippen molar-refractivity contribution in [1.29, 1.82) is 0 Å². The molecule has 1 aromatic carbocycles. The molecule has 1 saturated carbocycles. The van der Waals surface area contributed by atoms with Gasteiger partial charge in [0.1, 0.15) is 5.69 Å². The lowest BCUT2D eigenvalue weighted by Gasteiger charge is -2.08. The van der Waals surface area contributed by atoms with Crippen LogP contribution in [0.15, 0.2) is 35.7 Å². The number of thiazole rings is 1. The second-order valence-electron chi connectivity index (χ2n) is 6.61. The highest BCUT2D eigenvalue weighted by molar-refractivity contribution is 7.16. The molecule has 1 aliphatic rings. The average molecular weight is 415 g/mol. The molecule has 2 aromatic heterocycles. The molecule has 0 radical (unpaired) electrons. The zero-order valence-electron chi connectivity index (χ0n) is 15.1. The molecule has 3 aromatic rings. The van der Waals surface area contributed by atoms with Gasteiger partial charge in [-0.15, -0.1) is 22.7 Å². The normalized spacial score (nSPS) is 13.3. The van der Waals surface area contributed by atoms with Crippen LogP contribution in [0.4, 0.5) is 11.4 Å². The van der Waals surface area contributed by atoms with Gasteiger partial charge < -0.3 is 10.6 Å². The first kappa shape index (κ1) is 18.6. The van der Waals surface area contributed by atoms with E-state index in [4.69, 9.17) is 0 Å². The molecule has 9 heteroatoms. The predicted molar refractivity (Wildman–Crippen MR) is 111 cm³/mol. The van der Waals surface area contributed by atoms with Gasteiger partial charge in [0.25, 0.3) is 11.6 Å². The van der Waals surface area contributed by atoms with E-state index in [2.05, 4.69) is 15.6 Å². The Balaban J connectivity index is 1.43. The Hall–Kier alpha value is -2.78. The quantitative estimate of drug-likeness (QED) is 0.435. The molecule has 2 N–H and O–H groups in total. The number of hydrogen-bond acceptors (Lipinski definition) is 7. The zero-order chi connectivity index (χ0) is 19.7. The van der Waals surface area contributed by atoms with Gasteiger partial charge in [0.2, 0.25) is 0 Å². The summed E-state index contributed by atoms with van der Waals surface area (Å²) < 4.78 is 0. The standard InChI is InChI=1S/C19H18N4O3S2/c1-11-21-16(10-27-11)18-7-5-14(28-18)9-20-19(24)12-2-6-15(22-13-3-4-13)17(8-12)23(25)26/h2,5-8,10,13,22H,3-4,9H2,1H3,(H,20,24). The summed E-state index contributed by atoms with van der Waals surface area (Å²) in [7, 11) is 0. The van der Waals surface area contributed by atoms with Crippen LogP contribution in [0.25, 0.3) is 10.6 Å². The number of aromatic nitrogens is 1. The van der Waals surface area contributed by atoms with Crippen LogP contribution < -0.4 is 10.6 Å². The fourth-order valence-corrected chi connectivity index (χ4v) is 4.35. The van der Waals surface area contributed by atoms with Crippen LogP contribution in [0, 0.1) is 17.0 Å². The van der Waals surface area contributed by atoms with Crippen molar-refractivity contribution in [1.82, 2.24) is 10.3 Å². The number of nitrogens with one attached hydrogen (secondary N) is 2. The fourth-order valence-electron chi connectivity index (χ4n) is 2.75. The molecule has 144 valence electrons. The number of nitro groups is 1. The summed E-state index contributed by atoms with van der Waals surface area (Å²) >= 11 is 3.17. The van der Waals surface area contributed by atoms with Crippen LogP contribution in [0.5, 0.6) is 0 Å². The van der Waals surface area contributed by atoms with Crippen molar-refractivity contribution in [2.45, 2.75) is 32.4 Å². The summed E-state index contributed by atoms with van der Waals surface area (Å²) in [5.41, 5.74) is 1.61. The predicted octanol–water partition coefficient (Wildman–Crippen LogP) is 4.59. The summed E-state index contributed by atoms with van der Waals surface area (Å²) in [5.74, 6) is -0.333. The number of nitro benzene ring substituents is 1. The average Bonchev–Trinajstić information content (AvgIpc) is 3.18. The van der Waals surface area contributed by atoms with Gasteiger partial charge in [-0.05, 0) is 44.0 Å². The van der Waals surface area contributed by atoms with E-state index in [0.717, 1.165) is 33.3 Å². The van der Waals surface area contributed by atoms with Crippen LogP contribution in [-0.4, -0.2) is 21.9 Å². The van der Waals surface area contributed by atoms with Crippen LogP contribution in [0.3, 0.4) is 0 Å². The lowest BCUT2D eigenvalue weighted by atomic mass is 10.1. The summed E-state index contributed by atoms with van der Waals surface area (Å²) in [4.78, 5) is 29.9.